The van der Waals surface area contributed by atoms with Gasteiger partial charge in [-0.25, -0.2) is 10.4 Å². The molecular weight excluding hydrogens is 799 g/mol. The lowest BCUT2D eigenvalue weighted by molar-refractivity contribution is -0.156. The van der Waals surface area contributed by atoms with Gasteiger partial charge in [0, 0.05) is 77.4 Å². The molecule has 0 radical (unpaired) electrons. The Kier molecular flexibility index (Phi) is 12.3. The number of hydrazine groups is 1. The van der Waals surface area contributed by atoms with E-state index < -0.39 is 29.6 Å². The van der Waals surface area contributed by atoms with Crippen LogP contribution in [0.25, 0.3) is 22.2 Å². The molecule has 2 unspecified atom stereocenters. The van der Waals surface area contributed by atoms with E-state index in [1.807, 2.05) is 38.4 Å². The first kappa shape index (κ1) is 42.5. The Morgan fingerprint density at radius 2 is 1.98 bits per heavy atom. The van der Waals surface area contributed by atoms with Gasteiger partial charge in [0.15, 0.2) is 0 Å². The second-order valence-electron chi connectivity index (χ2n) is 17.3. The monoisotopic (exact) mass is 855 g/mol. The smallest absolute Gasteiger partial charge is 0.324 e. The Morgan fingerprint density at radius 3 is 2.72 bits per heavy atom. The van der Waals surface area contributed by atoms with E-state index >= 15 is 0 Å². The molecule has 2 fully saturated rings. The molecule has 15 heteroatoms. The number of carbonyl (C=O) groups excluding carboxylic acids is 3. The molecule has 13 nitrogen and oxygen atoms in total. The summed E-state index contributed by atoms with van der Waals surface area (Å²) in [5.41, 5.74) is 11.6. The van der Waals surface area contributed by atoms with Crippen LogP contribution in [0.5, 0.6) is 0 Å². The van der Waals surface area contributed by atoms with E-state index in [0.29, 0.717) is 37.5 Å². The van der Waals surface area contributed by atoms with Gasteiger partial charge in [-0.15, -0.1) is 23.1 Å². The topological polar surface area (TPSA) is 149 Å². The van der Waals surface area contributed by atoms with Gasteiger partial charge in [-0.2, -0.15) is 0 Å². The van der Waals surface area contributed by atoms with Gasteiger partial charge < -0.3 is 24.1 Å². The van der Waals surface area contributed by atoms with Crippen LogP contribution in [0.1, 0.15) is 102 Å². The highest BCUT2D eigenvalue weighted by Crippen LogP contribution is 2.53. The van der Waals surface area contributed by atoms with Crippen molar-refractivity contribution in [2.45, 2.75) is 116 Å². The van der Waals surface area contributed by atoms with Crippen molar-refractivity contribution in [2.75, 3.05) is 26.9 Å². The number of aromatic nitrogens is 3. The van der Waals surface area contributed by atoms with E-state index in [0.717, 1.165) is 51.2 Å². The third kappa shape index (κ3) is 8.03. The number of thioether (sulfide) groups is 1. The van der Waals surface area contributed by atoms with Gasteiger partial charge in [-0.1, -0.05) is 33.8 Å². The van der Waals surface area contributed by atoms with Crippen LogP contribution in [0.3, 0.4) is 0 Å². The Morgan fingerprint density at radius 1 is 1.17 bits per heavy atom. The predicted octanol–water partition coefficient (Wildman–Crippen LogP) is 7.02. The number of benzene rings is 1. The van der Waals surface area contributed by atoms with E-state index in [1.54, 1.807) is 24.4 Å². The maximum Gasteiger partial charge on any atom is 0.324 e. The molecule has 2 amide bonds. The van der Waals surface area contributed by atoms with Crippen LogP contribution < -0.4 is 10.7 Å². The normalized spacial score (nSPS) is 28.5. The van der Waals surface area contributed by atoms with Crippen molar-refractivity contribution in [2.24, 2.45) is 22.2 Å². The van der Waals surface area contributed by atoms with Gasteiger partial charge in [0.2, 0.25) is 5.91 Å². The van der Waals surface area contributed by atoms with Crippen LogP contribution in [0.15, 0.2) is 52.4 Å². The number of hydrogen-bond donors (Lipinski definition) is 2. The molecule has 3 aliphatic heterocycles. The molecule has 1 aromatic carbocycles. The molecule has 4 aromatic rings. The minimum Gasteiger partial charge on any atom is -0.464 e. The molecule has 3 aromatic heterocycles. The summed E-state index contributed by atoms with van der Waals surface area (Å²) >= 11 is 3.09. The fourth-order valence-electron chi connectivity index (χ4n) is 9.40. The molecule has 1 saturated heterocycles. The van der Waals surface area contributed by atoms with E-state index in [9.17, 15) is 14.4 Å². The zero-order chi connectivity index (χ0) is 42.5. The third-order valence-corrected chi connectivity index (χ3v) is 14.4. The van der Waals surface area contributed by atoms with Crippen molar-refractivity contribution in [1.82, 2.24) is 30.3 Å². The molecule has 320 valence electrons. The number of esters is 1. The van der Waals surface area contributed by atoms with Gasteiger partial charge in [0.05, 0.1) is 41.3 Å². The van der Waals surface area contributed by atoms with E-state index in [-0.39, 0.29) is 53.6 Å². The number of fused-ring (bicyclic) bond motifs is 5. The predicted molar refractivity (Wildman–Crippen MR) is 235 cm³/mol. The standard InChI is InChI=1S/C45H57N7O6S2/c1-9-51-33-16-15-27-19-29(33)30(39(51)28-13-11-17-46-36(28)25(4)56-8)20-45(6,7)22-58-44(55)31-14-12-18-52(50-31)43(54)38(40(57-10-2)42-49-37(27)26(5)60-42)48-41(53)35-24(3)34(35)32-21-59-23-47-32/h11,13,15-17,19,21,23-26,31,34-35,37-38,40,50H,9-10,12,14,18,20,22H2,1-8H3,(H,48,53)/t24-,25+,26?,31+,34-,35+,37?,38+,40+/m1/s1. The molecule has 60 heavy (non-hydrogen) atoms. The summed E-state index contributed by atoms with van der Waals surface area (Å²) in [7, 11) is 1.70. The first-order valence-electron chi connectivity index (χ1n) is 21.3. The number of ether oxygens (including phenoxy) is 3. The molecule has 4 aliphatic rings. The lowest BCUT2D eigenvalue weighted by atomic mass is 9.84. The molecule has 1 saturated carbocycles. The van der Waals surface area contributed by atoms with Crippen LogP contribution in [-0.2, 0) is 41.6 Å². The number of thiazole rings is 1. The average molecular weight is 856 g/mol. The second kappa shape index (κ2) is 17.3. The van der Waals surface area contributed by atoms with Crippen molar-refractivity contribution in [3.63, 3.8) is 0 Å². The van der Waals surface area contributed by atoms with E-state index in [1.165, 1.54) is 16.3 Å². The number of rotatable bonds is 9. The van der Waals surface area contributed by atoms with Gasteiger partial charge in [0.25, 0.3) is 5.91 Å². The average Bonchev–Trinajstić information content (AvgIpc) is 3.60. The number of hydrogen-bond acceptors (Lipinski definition) is 12. The van der Waals surface area contributed by atoms with Gasteiger partial charge in [-0.05, 0) is 81.3 Å². The van der Waals surface area contributed by atoms with Crippen molar-refractivity contribution in [3.8, 4) is 11.3 Å². The number of amides is 2. The summed E-state index contributed by atoms with van der Waals surface area (Å²) in [5.74, 6) is -1.30. The van der Waals surface area contributed by atoms with Gasteiger partial charge in [-0.3, -0.25) is 29.4 Å². The van der Waals surface area contributed by atoms with Crippen LogP contribution in [-0.4, -0.2) is 92.7 Å². The summed E-state index contributed by atoms with van der Waals surface area (Å²) < 4.78 is 20.8. The number of nitrogens with zero attached hydrogens (tertiary/aromatic N) is 5. The lowest BCUT2D eigenvalue weighted by Crippen LogP contribution is -2.63. The van der Waals surface area contributed by atoms with Crippen molar-refractivity contribution in [3.05, 3.63) is 69.9 Å². The number of methoxy groups -OCH3 is 1. The maximum absolute atomic E-state index is 14.8. The highest BCUT2D eigenvalue weighted by Gasteiger charge is 2.55. The lowest BCUT2D eigenvalue weighted by Gasteiger charge is -2.37. The molecule has 9 atom stereocenters. The zero-order valence-corrected chi connectivity index (χ0v) is 37.4. The molecule has 0 spiro atoms. The fraction of sp³-hybridized carbons (Fsp3) is 0.556. The number of carbonyl (C=O) groups is 3. The van der Waals surface area contributed by atoms with E-state index in [2.05, 4.69) is 72.3 Å². The van der Waals surface area contributed by atoms with Crippen LogP contribution in [0.4, 0.5) is 0 Å². The van der Waals surface area contributed by atoms with Crippen LogP contribution >= 0.6 is 23.1 Å². The first-order chi connectivity index (χ1) is 28.8. The molecule has 8 rings (SSSR count). The summed E-state index contributed by atoms with van der Waals surface area (Å²) in [6, 6.07) is 8.63. The Labute approximate surface area is 360 Å². The maximum atomic E-state index is 14.8. The Balaban J connectivity index is 1.25. The summed E-state index contributed by atoms with van der Waals surface area (Å²) in [6.07, 6.45) is 2.41. The number of nitrogens with one attached hydrogen (secondary N) is 2. The number of aliphatic imine (C=N–C) groups is 1. The Hall–Kier alpha value is -4.15. The second-order valence-corrected chi connectivity index (χ2v) is 19.5. The number of aryl methyl sites for hydroxylation is 1. The number of pyridine rings is 1. The van der Waals surface area contributed by atoms with Crippen molar-refractivity contribution < 1.29 is 28.6 Å². The molecular formula is C45H57N7O6S2. The summed E-state index contributed by atoms with van der Waals surface area (Å²) in [6.45, 7) is 16.0. The van der Waals surface area contributed by atoms with Gasteiger partial charge >= 0.3 is 5.97 Å². The SMILES string of the molecule is CCO[C@@H]1C2=NC(c3ccc4c(c3)c(c(-c3cccnc3[C@H](C)OC)n4CC)CC(C)(C)COC(=O)[C@@H]3CCCN(N3)C(=O)[C@H]1NC(=O)[C@H]1[C@H](C)[C@@H]1c1cscn1)C(C)S2. The van der Waals surface area contributed by atoms with Crippen LogP contribution in [0.2, 0.25) is 0 Å². The Bertz CT molecular complexity index is 2280. The minimum absolute atomic E-state index is 0.00931. The van der Waals surface area contributed by atoms with Crippen LogP contribution in [0, 0.1) is 17.3 Å². The van der Waals surface area contributed by atoms with Gasteiger partial charge in [0.1, 0.15) is 23.2 Å². The molecule has 2 N–H and O–H groups in total. The van der Waals surface area contributed by atoms with E-state index in [4.69, 9.17) is 24.2 Å². The third-order valence-electron chi connectivity index (χ3n) is 12.6. The largest absolute Gasteiger partial charge is 0.464 e. The molecule has 6 heterocycles. The summed E-state index contributed by atoms with van der Waals surface area (Å²) in [5, 5.41) is 8.38. The summed E-state index contributed by atoms with van der Waals surface area (Å²) in [4.78, 5) is 57.6. The molecule has 1 aliphatic carbocycles. The quantitative estimate of drug-likeness (QED) is 0.168. The fourth-order valence-corrected chi connectivity index (χ4v) is 11.2. The first-order valence-corrected chi connectivity index (χ1v) is 23.1. The minimum atomic E-state index is -1.10. The highest BCUT2D eigenvalue weighted by atomic mass is 32.2. The zero-order valence-electron chi connectivity index (χ0n) is 35.8. The van der Waals surface area contributed by atoms with Crippen molar-refractivity contribution in [1.29, 1.82) is 0 Å². The highest BCUT2D eigenvalue weighted by molar-refractivity contribution is 8.14. The molecule has 6 bridgehead atoms. The number of cyclic esters (lactones) is 1. The van der Waals surface area contributed by atoms with Crippen molar-refractivity contribution >= 4 is 56.8 Å².